The van der Waals surface area contributed by atoms with Gasteiger partial charge >= 0.3 is 0 Å². The molecule has 1 aromatic carbocycles. The number of carbonyl (C=O) groups excluding carboxylic acids is 1. The molecule has 0 bridgehead atoms. The minimum Gasteiger partial charge on any atom is -0.312 e. The summed E-state index contributed by atoms with van der Waals surface area (Å²) in [5, 5.41) is 8.26. The second-order valence-corrected chi connectivity index (χ2v) is 5.36. The molecule has 2 N–H and O–H groups in total. The van der Waals surface area contributed by atoms with Gasteiger partial charge in [-0.15, -0.1) is 11.3 Å². The number of hydrogen-bond acceptors (Lipinski definition) is 4. The van der Waals surface area contributed by atoms with Gasteiger partial charge in [-0.2, -0.15) is 0 Å². The van der Waals surface area contributed by atoms with Crippen LogP contribution in [0.15, 0.2) is 23.6 Å². The van der Waals surface area contributed by atoms with Crippen LogP contribution in [0.5, 0.6) is 0 Å². The van der Waals surface area contributed by atoms with Crippen molar-refractivity contribution in [3.8, 4) is 0 Å². The third kappa shape index (κ3) is 3.20. The third-order valence-corrected chi connectivity index (χ3v) is 3.83. The van der Waals surface area contributed by atoms with Crippen LogP contribution in [0.25, 0.3) is 0 Å². The molecule has 1 atom stereocenters. The number of hydrogen-bond donors (Lipinski definition) is 2. The number of anilines is 1. The summed E-state index contributed by atoms with van der Waals surface area (Å²) in [4.78, 5) is 16.5. The lowest BCUT2D eigenvalue weighted by Crippen LogP contribution is -2.15. The summed E-state index contributed by atoms with van der Waals surface area (Å²) >= 11 is 1.37. The Morgan fingerprint density at radius 1 is 1.45 bits per heavy atom. The molecule has 4 nitrogen and oxygen atoms in total. The molecule has 0 aliphatic carbocycles. The molecule has 0 radical (unpaired) electrons. The van der Waals surface area contributed by atoms with E-state index in [0.717, 1.165) is 5.69 Å². The summed E-state index contributed by atoms with van der Waals surface area (Å²) in [5.41, 5.74) is 1.93. The van der Waals surface area contributed by atoms with E-state index in [1.165, 1.54) is 29.5 Å². The summed E-state index contributed by atoms with van der Waals surface area (Å²) in [6.07, 6.45) is 0. The highest BCUT2D eigenvalue weighted by atomic mass is 32.1. The van der Waals surface area contributed by atoms with Gasteiger partial charge in [-0.25, -0.2) is 9.37 Å². The van der Waals surface area contributed by atoms with E-state index in [9.17, 15) is 9.18 Å². The molecule has 20 heavy (non-hydrogen) atoms. The first kappa shape index (κ1) is 14.6. The molecule has 0 aliphatic heterocycles. The number of thiazole rings is 1. The zero-order valence-corrected chi connectivity index (χ0v) is 12.3. The van der Waals surface area contributed by atoms with Crippen molar-refractivity contribution >= 4 is 22.4 Å². The predicted octanol–water partition coefficient (Wildman–Crippen LogP) is 3.12. The lowest BCUT2D eigenvalue weighted by Gasteiger charge is -2.06. The fourth-order valence-corrected chi connectivity index (χ4v) is 2.54. The Bertz CT molecular complexity index is 627. The lowest BCUT2D eigenvalue weighted by molar-refractivity contribution is 0.102. The first-order valence-corrected chi connectivity index (χ1v) is 7.09. The Labute approximate surface area is 121 Å². The molecule has 0 saturated carbocycles. The highest BCUT2D eigenvalue weighted by Crippen LogP contribution is 2.21. The topological polar surface area (TPSA) is 54.0 Å². The van der Waals surface area contributed by atoms with Crippen LogP contribution in [0.2, 0.25) is 0 Å². The molecule has 1 heterocycles. The van der Waals surface area contributed by atoms with Crippen molar-refractivity contribution < 1.29 is 9.18 Å². The molecule has 106 valence electrons. The fourth-order valence-electron chi connectivity index (χ4n) is 1.74. The predicted molar refractivity (Wildman–Crippen MR) is 78.7 cm³/mol. The van der Waals surface area contributed by atoms with Gasteiger partial charge in [0.05, 0.1) is 5.69 Å². The molecule has 6 heteroatoms. The normalized spacial score (nSPS) is 12.2. The summed E-state index contributed by atoms with van der Waals surface area (Å²) in [7, 11) is 1.85. The number of rotatable bonds is 4. The Morgan fingerprint density at radius 2 is 2.20 bits per heavy atom. The molecule has 0 aliphatic rings. The van der Waals surface area contributed by atoms with Gasteiger partial charge in [0.25, 0.3) is 5.91 Å². The van der Waals surface area contributed by atoms with Gasteiger partial charge < -0.3 is 5.32 Å². The van der Waals surface area contributed by atoms with E-state index in [0.29, 0.717) is 16.3 Å². The Hall–Kier alpha value is -1.79. The van der Waals surface area contributed by atoms with E-state index in [2.05, 4.69) is 15.6 Å². The number of nitrogens with zero attached hydrogens (tertiary/aromatic N) is 1. The van der Waals surface area contributed by atoms with Gasteiger partial charge in [-0.3, -0.25) is 10.1 Å². The first-order valence-electron chi connectivity index (χ1n) is 6.21. The van der Waals surface area contributed by atoms with Crippen LogP contribution in [0.3, 0.4) is 0 Å². The standard InChI is InChI=1S/C14H16FN3OS/c1-8-6-10(15)4-5-11(8)13(19)18-14-17-12(7-20-14)9(2)16-3/h4-7,9,16H,1-3H3,(H,17,18,19). The van der Waals surface area contributed by atoms with E-state index >= 15 is 0 Å². The summed E-state index contributed by atoms with van der Waals surface area (Å²) in [5.74, 6) is -0.626. The Balaban J connectivity index is 2.13. The molecule has 0 spiro atoms. The molecule has 1 unspecified atom stereocenters. The zero-order chi connectivity index (χ0) is 14.7. The van der Waals surface area contributed by atoms with Gasteiger partial charge in [-0.1, -0.05) is 0 Å². The second-order valence-electron chi connectivity index (χ2n) is 4.50. The summed E-state index contributed by atoms with van der Waals surface area (Å²) in [6, 6.07) is 4.22. The van der Waals surface area contributed by atoms with Crippen molar-refractivity contribution in [2.45, 2.75) is 19.9 Å². The van der Waals surface area contributed by atoms with E-state index < -0.39 is 0 Å². The van der Waals surface area contributed by atoms with Crippen LogP contribution in [0.1, 0.15) is 34.6 Å². The number of carbonyl (C=O) groups is 1. The van der Waals surface area contributed by atoms with Crippen molar-refractivity contribution in [2.75, 3.05) is 12.4 Å². The van der Waals surface area contributed by atoms with Gasteiger partial charge in [0.15, 0.2) is 5.13 Å². The van der Waals surface area contributed by atoms with Gasteiger partial charge in [0.2, 0.25) is 0 Å². The van der Waals surface area contributed by atoms with Crippen molar-refractivity contribution in [2.24, 2.45) is 0 Å². The summed E-state index contributed by atoms with van der Waals surface area (Å²) < 4.78 is 13.0. The van der Waals surface area contributed by atoms with Crippen LogP contribution < -0.4 is 10.6 Å². The van der Waals surface area contributed by atoms with Crippen molar-refractivity contribution in [3.05, 3.63) is 46.2 Å². The quantitative estimate of drug-likeness (QED) is 0.910. The Kier molecular flexibility index (Phi) is 4.46. The third-order valence-electron chi connectivity index (χ3n) is 3.05. The van der Waals surface area contributed by atoms with Gasteiger partial charge in [-0.05, 0) is 44.7 Å². The number of aromatic nitrogens is 1. The highest BCUT2D eigenvalue weighted by Gasteiger charge is 2.13. The van der Waals surface area contributed by atoms with Crippen molar-refractivity contribution in [1.29, 1.82) is 0 Å². The molecular weight excluding hydrogens is 277 g/mol. The number of halogens is 1. The minimum absolute atomic E-state index is 0.129. The molecule has 0 saturated heterocycles. The minimum atomic E-state index is -0.349. The summed E-state index contributed by atoms with van der Waals surface area (Å²) in [6.45, 7) is 3.69. The second kappa shape index (κ2) is 6.11. The van der Waals surface area contributed by atoms with Gasteiger partial charge in [0, 0.05) is 17.0 Å². The average Bonchev–Trinajstić information content (AvgIpc) is 2.86. The average molecular weight is 293 g/mol. The largest absolute Gasteiger partial charge is 0.312 e. The van der Waals surface area contributed by atoms with Crippen LogP contribution in [0.4, 0.5) is 9.52 Å². The molecule has 1 amide bonds. The maximum Gasteiger partial charge on any atom is 0.257 e. The highest BCUT2D eigenvalue weighted by molar-refractivity contribution is 7.14. The van der Waals surface area contributed by atoms with Crippen molar-refractivity contribution in [3.63, 3.8) is 0 Å². The molecule has 2 aromatic rings. The van der Waals surface area contributed by atoms with Gasteiger partial charge in [0.1, 0.15) is 5.82 Å². The number of amides is 1. The zero-order valence-electron chi connectivity index (χ0n) is 11.5. The lowest BCUT2D eigenvalue weighted by atomic mass is 10.1. The van der Waals surface area contributed by atoms with Crippen LogP contribution in [-0.4, -0.2) is 17.9 Å². The maximum atomic E-state index is 13.0. The number of nitrogens with one attached hydrogen (secondary N) is 2. The van der Waals surface area contributed by atoms with E-state index in [1.54, 1.807) is 6.92 Å². The van der Waals surface area contributed by atoms with Crippen LogP contribution in [0, 0.1) is 12.7 Å². The van der Waals surface area contributed by atoms with Crippen molar-refractivity contribution in [1.82, 2.24) is 10.3 Å². The molecule has 0 fully saturated rings. The molecular formula is C14H16FN3OS. The molecule has 2 rings (SSSR count). The molecule has 1 aromatic heterocycles. The maximum absolute atomic E-state index is 13.0. The van der Waals surface area contributed by atoms with Crippen LogP contribution in [-0.2, 0) is 0 Å². The monoisotopic (exact) mass is 293 g/mol. The van der Waals surface area contributed by atoms with E-state index in [1.807, 2.05) is 19.4 Å². The first-order chi connectivity index (χ1) is 9.51. The fraction of sp³-hybridized carbons (Fsp3) is 0.286. The number of benzene rings is 1. The smallest absolute Gasteiger partial charge is 0.257 e. The SMILES string of the molecule is CNC(C)c1csc(NC(=O)c2ccc(F)cc2C)n1. The van der Waals surface area contributed by atoms with E-state index in [-0.39, 0.29) is 17.8 Å². The number of aryl methyl sites for hydroxylation is 1. The van der Waals surface area contributed by atoms with E-state index in [4.69, 9.17) is 0 Å². The Morgan fingerprint density at radius 3 is 2.85 bits per heavy atom. The van der Waals surface area contributed by atoms with Crippen LogP contribution >= 0.6 is 11.3 Å².